The van der Waals surface area contributed by atoms with Gasteiger partial charge in [-0.15, -0.1) is 0 Å². The monoisotopic (exact) mass is 389 g/mol. The van der Waals surface area contributed by atoms with Crippen LogP contribution in [0.15, 0.2) is 54.9 Å². The van der Waals surface area contributed by atoms with E-state index in [0.717, 1.165) is 25.1 Å². The van der Waals surface area contributed by atoms with Crippen molar-refractivity contribution in [2.75, 3.05) is 29.1 Å². The number of aryl methyl sites for hydroxylation is 1. The van der Waals surface area contributed by atoms with Crippen LogP contribution in [0.4, 0.5) is 28.7 Å². The third-order valence-electron chi connectivity index (χ3n) is 4.87. The van der Waals surface area contributed by atoms with Gasteiger partial charge in [-0.3, -0.25) is 0 Å². The van der Waals surface area contributed by atoms with E-state index in [0.29, 0.717) is 35.2 Å². The number of anilines is 5. The Morgan fingerprint density at radius 3 is 2.93 bits per heavy atom. The second-order valence-corrected chi connectivity index (χ2v) is 6.77. The maximum atomic E-state index is 12.0. The largest absolute Gasteiger partial charge is 0.462 e. The third-order valence-corrected chi connectivity index (χ3v) is 4.87. The fourth-order valence-electron chi connectivity index (χ4n) is 3.53. The third kappa shape index (κ3) is 3.85. The van der Waals surface area contributed by atoms with Gasteiger partial charge in [0.25, 0.3) is 0 Å². The number of nitrogens with two attached hydrogens (primary N) is 1. The predicted molar refractivity (Wildman–Crippen MR) is 114 cm³/mol. The van der Waals surface area contributed by atoms with Crippen LogP contribution in [0.2, 0.25) is 0 Å². The number of hydrogen-bond acceptors (Lipinski definition) is 7. The Balaban J connectivity index is 1.63. The molecule has 7 heteroatoms. The van der Waals surface area contributed by atoms with Crippen molar-refractivity contribution >= 4 is 34.7 Å². The number of carbonyl (C=O) groups is 1. The van der Waals surface area contributed by atoms with Gasteiger partial charge < -0.3 is 20.7 Å². The highest BCUT2D eigenvalue weighted by Gasteiger charge is 2.22. The molecule has 2 heterocycles. The molecular formula is C22H23N5O2. The number of carbonyl (C=O) groups excluding carboxylic acids is 1. The Morgan fingerprint density at radius 2 is 2.07 bits per heavy atom. The molecule has 148 valence electrons. The van der Waals surface area contributed by atoms with Crippen LogP contribution in [-0.4, -0.2) is 29.1 Å². The van der Waals surface area contributed by atoms with E-state index < -0.39 is 0 Å². The van der Waals surface area contributed by atoms with Crippen molar-refractivity contribution < 1.29 is 9.53 Å². The number of aromatic nitrogens is 2. The number of ether oxygens (including phenoxy) is 1. The highest BCUT2D eigenvalue weighted by molar-refractivity contribution is 5.91. The Morgan fingerprint density at radius 1 is 1.21 bits per heavy atom. The van der Waals surface area contributed by atoms with E-state index >= 15 is 0 Å². The van der Waals surface area contributed by atoms with Crippen LogP contribution in [0.5, 0.6) is 0 Å². The van der Waals surface area contributed by atoms with E-state index in [1.165, 1.54) is 11.9 Å². The van der Waals surface area contributed by atoms with Gasteiger partial charge in [-0.25, -0.2) is 14.8 Å². The summed E-state index contributed by atoms with van der Waals surface area (Å²) in [5, 5.41) is 3.20. The quantitative estimate of drug-likeness (QED) is 0.636. The summed E-state index contributed by atoms with van der Waals surface area (Å²) in [6.45, 7) is 2.95. The lowest BCUT2D eigenvalue weighted by atomic mass is 10.0. The zero-order valence-electron chi connectivity index (χ0n) is 16.3. The minimum atomic E-state index is -0.363. The summed E-state index contributed by atoms with van der Waals surface area (Å²) in [4.78, 5) is 22.9. The van der Waals surface area contributed by atoms with Gasteiger partial charge in [0.05, 0.1) is 12.2 Å². The number of nitrogens with zero attached hydrogens (tertiary/aromatic N) is 3. The van der Waals surface area contributed by atoms with Crippen molar-refractivity contribution in [2.24, 2.45) is 0 Å². The molecule has 0 radical (unpaired) electrons. The molecule has 7 nitrogen and oxygen atoms in total. The summed E-state index contributed by atoms with van der Waals surface area (Å²) >= 11 is 0. The highest BCUT2D eigenvalue weighted by atomic mass is 16.5. The normalized spacial score (nSPS) is 12.9. The predicted octanol–water partition coefficient (Wildman–Crippen LogP) is 4.06. The van der Waals surface area contributed by atoms with Gasteiger partial charge >= 0.3 is 5.97 Å². The summed E-state index contributed by atoms with van der Waals surface area (Å²) < 4.78 is 5.06. The smallest absolute Gasteiger partial charge is 0.338 e. The molecule has 0 saturated heterocycles. The summed E-state index contributed by atoms with van der Waals surface area (Å²) in [6, 6.07) is 15.4. The molecule has 0 amide bonds. The molecule has 0 atom stereocenters. The first-order chi connectivity index (χ1) is 14.2. The van der Waals surface area contributed by atoms with Crippen molar-refractivity contribution in [2.45, 2.75) is 19.8 Å². The van der Waals surface area contributed by atoms with E-state index in [9.17, 15) is 4.79 Å². The lowest BCUT2D eigenvalue weighted by Crippen LogP contribution is -2.26. The lowest BCUT2D eigenvalue weighted by Gasteiger charge is -2.31. The average molecular weight is 389 g/mol. The zero-order chi connectivity index (χ0) is 20.2. The van der Waals surface area contributed by atoms with Crippen molar-refractivity contribution in [3.63, 3.8) is 0 Å². The Hall–Kier alpha value is -3.61. The van der Waals surface area contributed by atoms with Gasteiger partial charge in [-0.2, -0.15) is 0 Å². The first-order valence-electron chi connectivity index (χ1n) is 9.67. The summed E-state index contributed by atoms with van der Waals surface area (Å²) in [5.41, 5.74) is 10.5. The van der Waals surface area contributed by atoms with Crippen LogP contribution in [0.25, 0.3) is 0 Å². The number of nitrogens with one attached hydrogen (secondary N) is 1. The van der Waals surface area contributed by atoms with Gasteiger partial charge in [0, 0.05) is 17.9 Å². The molecule has 0 saturated carbocycles. The van der Waals surface area contributed by atoms with E-state index in [2.05, 4.69) is 38.4 Å². The highest BCUT2D eigenvalue weighted by Crippen LogP contribution is 2.37. The molecule has 2 aromatic carbocycles. The minimum absolute atomic E-state index is 0.329. The number of fused-ring (bicyclic) bond motifs is 1. The van der Waals surface area contributed by atoms with Crippen molar-refractivity contribution in [1.29, 1.82) is 0 Å². The second-order valence-electron chi connectivity index (χ2n) is 6.77. The Kier molecular flexibility index (Phi) is 5.29. The fraction of sp³-hybridized carbons (Fsp3) is 0.227. The molecular weight excluding hydrogens is 366 g/mol. The number of benzene rings is 2. The zero-order valence-corrected chi connectivity index (χ0v) is 16.3. The molecule has 1 aliphatic heterocycles. The Bertz CT molecular complexity index is 1040. The van der Waals surface area contributed by atoms with E-state index in [4.69, 9.17) is 10.5 Å². The SMILES string of the molecule is CCOC(=O)c1cccc(Nc2ncnc(N3CCCc4ccccc43)c2N)c1. The van der Waals surface area contributed by atoms with E-state index in [1.54, 1.807) is 25.1 Å². The maximum absolute atomic E-state index is 12.0. The molecule has 3 aromatic rings. The topological polar surface area (TPSA) is 93.4 Å². The standard InChI is InChI=1S/C22H23N5O2/c1-2-29-22(28)16-8-5-10-17(13-16)26-20-19(23)21(25-14-24-20)27-12-6-9-15-7-3-4-11-18(15)27/h3-5,7-8,10-11,13-14H,2,6,9,12,23H2,1H3,(H,24,25,26). The maximum Gasteiger partial charge on any atom is 0.338 e. The summed E-state index contributed by atoms with van der Waals surface area (Å²) in [7, 11) is 0. The van der Waals surface area contributed by atoms with E-state index in [-0.39, 0.29) is 5.97 Å². The van der Waals surface area contributed by atoms with Crippen LogP contribution in [0.1, 0.15) is 29.3 Å². The van der Waals surface area contributed by atoms with Gasteiger partial charge in [0.2, 0.25) is 0 Å². The fourth-order valence-corrected chi connectivity index (χ4v) is 3.53. The van der Waals surface area contributed by atoms with Crippen LogP contribution in [0.3, 0.4) is 0 Å². The molecule has 0 unspecified atom stereocenters. The lowest BCUT2D eigenvalue weighted by molar-refractivity contribution is 0.0526. The molecule has 1 aliphatic rings. The number of para-hydroxylation sites is 1. The number of nitrogen functional groups attached to an aromatic ring is 1. The Labute approximate surface area is 169 Å². The molecule has 4 rings (SSSR count). The van der Waals surface area contributed by atoms with Crippen LogP contribution in [0, 0.1) is 0 Å². The second kappa shape index (κ2) is 8.18. The van der Waals surface area contributed by atoms with Crippen molar-refractivity contribution in [3.05, 3.63) is 66.0 Å². The number of hydrogen-bond donors (Lipinski definition) is 2. The van der Waals surface area contributed by atoms with Gasteiger partial charge in [0.15, 0.2) is 11.6 Å². The van der Waals surface area contributed by atoms with Gasteiger partial charge in [-0.05, 0) is 49.6 Å². The average Bonchev–Trinajstić information content (AvgIpc) is 2.75. The molecule has 29 heavy (non-hydrogen) atoms. The van der Waals surface area contributed by atoms with Gasteiger partial charge in [-0.1, -0.05) is 24.3 Å². The first-order valence-corrected chi connectivity index (χ1v) is 9.67. The van der Waals surface area contributed by atoms with Crippen LogP contribution >= 0.6 is 0 Å². The molecule has 0 fully saturated rings. The van der Waals surface area contributed by atoms with Gasteiger partial charge in [0.1, 0.15) is 12.0 Å². The molecule has 0 aliphatic carbocycles. The van der Waals surface area contributed by atoms with Crippen LogP contribution < -0.4 is 16.0 Å². The molecule has 1 aromatic heterocycles. The van der Waals surface area contributed by atoms with Crippen molar-refractivity contribution in [3.8, 4) is 0 Å². The first kappa shape index (κ1) is 18.7. The summed E-state index contributed by atoms with van der Waals surface area (Å²) in [5.74, 6) is 0.813. The summed E-state index contributed by atoms with van der Waals surface area (Å²) in [6.07, 6.45) is 3.58. The van der Waals surface area contributed by atoms with Crippen molar-refractivity contribution in [1.82, 2.24) is 9.97 Å². The molecule has 0 bridgehead atoms. The number of esters is 1. The van der Waals surface area contributed by atoms with E-state index in [1.807, 2.05) is 12.1 Å². The van der Waals surface area contributed by atoms with Crippen LogP contribution in [-0.2, 0) is 11.2 Å². The molecule has 0 spiro atoms. The minimum Gasteiger partial charge on any atom is -0.462 e. The number of rotatable bonds is 5. The molecule has 3 N–H and O–H groups in total.